The highest BCUT2D eigenvalue weighted by Gasteiger charge is 2.49. The Morgan fingerprint density at radius 1 is 0.927 bits per heavy atom. The molecule has 0 radical (unpaired) electrons. The molecule has 15 heteroatoms. The summed E-state index contributed by atoms with van der Waals surface area (Å²) in [6.07, 6.45) is -6.85. The second-order valence-electron chi connectivity index (χ2n) is 9.20. The number of hydrogen-bond donors (Lipinski definition) is 2. The number of pyridine rings is 2. The molecule has 5 rings (SSSR count). The predicted octanol–water partition coefficient (Wildman–Crippen LogP) is 5.17. The van der Waals surface area contributed by atoms with Gasteiger partial charge >= 0.3 is 24.3 Å². The van der Waals surface area contributed by atoms with Crippen molar-refractivity contribution in [1.82, 2.24) is 14.9 Å². The number of thioether (sulfide) groups is 1. The van der Waals surface area contributed by atoms with Crippen LogP contribution in [0.15, 0.2) is 60.8 Å². The fraction of sp³-hybridized carbons (Fsp3) is 0.385. The standard InChI is InChI=1S/C22H23N3OS.2C2HF3O2/c1-2-7-21-17(5-1)8-9-18(24-21)12-25-15-22(16-25)11-20(14-27-22)26-13-19-6-3-4-10-23-19;2*3-2(4,5)1(6)7/h1-10,20H,11-16H2;2*(H,6,7). The number of halogens is 6. The summed E-state index contributed by atoms with van der Waals surface area (Å²) in [6, 6.07) is 18.6. The minimum absolute atomic E-state index is 0.345. The van der Waals surface area contributed by atoms with Gasteiger partial charge < -0.3 is 14.9 Å². The molecule has 1 unspecified atom stereocenters. The van der Waals surface area contributed by atoms with E-state index in [0.29, 0.717) is 17.5 Å². The van der Waals surface area contributed by atoms with Gasteiger partial charge in [0.05, 0.1) is 29.6 Å². The number of fused-ring (bicyclic) bond motifs is 1. The van der Waals surface area contributed by atoms with Gasteiger partial charge in [-0.05, 0) is 30.7 Å². The van der Waals surface area contributed by atoms with E-state index < -0.39 is 24.3 Å². The Balaban J connectivity index is 0.000000276. The number of ether oxygens (including phenoxy) is 1. The Bertz CT molecular complexity index is 1300. The minimum atomic E-state index is -5.08. The second-order valence-corrected chi connectivity index (χ2v) is 10.7. The molecule has 2 N–H and O–H groups in total. The van der Waals surface area contributed by atoms with E-state index in [-0.39, 0.29) is 0 Å². The van der Waals surface area contributed by atoms with Gasteiger partial charge in [-0.15, -0.1) is 11.8 Å². The van der Waals surface area contributed by atoms with E-state index in [1.165, 1.54) is 5.39 Å². The summed E-state index contributed by atoms with van der Waals surface area (Å²) in [7, 11) is 0. The van der Waals surface area contributed by atoms with Crippen LogP contribution >= 0.6 is 11.8 Å². The molecule has 0 saturated carbocycles. The lowest BCUT2D eigenvalue weighted by Crippen LogP contribution is -2.58. The summed E-state index contributed by atoms with van der Waals surface area (Å²) >= 11 is 2.08. The molecule has 4 heterocycles. The molecule has 8 nitrogen and oxygen atoms in total. The van der Waals surface area contributed by atoms with Crippen LogP contribution in [0, 0.1) is 0 Å². The summed E-state index contributed by atoms with van der Waals surface area (Å²) in [5, 5.41) is 15.5. The number of alkyl halides is 6. The van der Waals surface area contributed by atoms with E-state index in [0.717, 1.165) is 48.7 Å². The van der Waals surface area contributed by atoms with E-state index in [2.05, 4.69) is 58.0 Å². The molecule has 41 heavy (non-hydrogen) atoms. The molecule has 222 valence electrons. The van der Waals surface area contributed by atoms with Crippen molar-refractivity contribution in [1.29, 1.82) is 0 Å². The van der Waals surface area contributed by atoms with E-state index in [1.807, 2.05) is 24.4 Å². The van der Waals surface area contributed by atoms with E-state index in [4.69, 9.17) is 29.5 Å². The number of aromatic nitrogens is 2. The van der Waals surface area contributed by atoms with Crippen LogP contribution in [0.3, 0.4) is 0 Å². The van der Waals surface area contributed by atoms with Crippen molar-refractivity contribution >= 4 is 34.6 Å². The van der Waals surface area contributed by atoms with Crippen molar-refractivity contribution in [3.05, 3.63) is 72.2 Å². The monoisotopic (exact) mass is 605 g/mol. The molecule has 2 fully saturated rings. The third kappa shape index (κ3) is 9.86. The average molecular weight is 606 g/mol. The van der Waals surface area contributed by atoms with Crippen LogP contribution in [0.25, 0.3) is 10.9 Å². The Hall–Kier alpha value is -3.43. The highest BCUT2D eigenvalue weighted by atomic mass is 32.2. The first kappa shape index (κ1) is 32.1. The van der Waals surface area contributed by atoms with Crippen molar-refractivity contribution in [2.75, 3.05) is 18.8 Å². The maximum atomic E-state index is 10.6. The van der Waals surface area contributed by atoms with Crippen molar-refractivity contribution < 1.29 is 50.9 Å². The molecule has 2 aromatic heterocycles. The molecule has 1 atom stereocenters. The smallest absolute Gasteiger partial charge is 0.475 e. The number of rotatable bonds is 5. The SMILES string of the molecule is O=C(O)C(F)(F)F.O=C(O)C(F)(F)F.c1ccc(COC2CSC3(C2)CN(Cc2ccc4ccccc4n2)C3)nc1. The molecular weight excluding hydrogens is 580 g/mol. The second kappa shape index (κ2) is 13.5. The third-order valence-corrected chi connectivity index (χ3v) is 7.49. The highest BCUT2D eigenvalue weighted by Crippen LogP contribution is 2.46. The number of aliphatic carboxylic acids is 2. The molecule has 2 saturated heterocycles. The molecule has 0 amide bonds. The molecule has 0 aliphatic carbocycles. The molecule has 2 aliphatic rings. The lowest BCUT2D eigenvalue weighted by Gasteiger charge is -2.47. The summed E-state index contributed by atoms with van der Waals surface area (Å²) in [6.45, 7) is 3.82. The van der Waals surface area contributed by atoms with Crippen LogP contribution in [0.1, 0.15) is 17.8 Å². The Morgan fingerprint density at radius 3 is 2.12 bits per heavy atom. The third-order valence-electron chi connectivity index (χ3n) is 5.92. The molecule has 2 aliphatic heterocycles. The van der Waals surface area contributed by atoms with Crippen molar-refractivity contribution in [2.45, 2.75) is 42.8 Å². The number of carboxylic acid groups (broad SMARTS) is 2. The minimum Gasteiger partial charge on any atom is -0.475 e. The molecular formula is C26H25F6N3O5S. The summed E-state index contributed by atoms with van der Waals surface area (Å²) in [5.74, 6) is -4.42. The van der Waals surface area contributed by atoms with Gasteiger partial charge in [-0.2, -0.15) is 26.3 Å². The van der Waals surface area contributed by atoms with Crippen LogP contribution in [-0.4, -0.2) is 79.1 Å². The van der Waals surface area contributed by atoms with Crippen LogP contribution in [-0.2, 0) is 27.5 Å². The Kier molecular flexibility index (Phi) is 10.6. The number of carbonyl (C=O) groups is 2. The normalized spacial score (nSPS) is 18.0. The first-order valence-corrected chi connectivity index (χ1v) is 13.0. The van der Waals surface area contributed by atoms with Gasteiger partial charge in [0.2, 0.25) is 0 Å². The largest absolute Gasteiger partial charge is 0.490 e. The van der Waals surface area contributed by atoms with E-state index >= 15 is 0 Å². The fourth-order valence-electron chi connectivity index (χ4n) is 4.12. The molecule has 3 aromatic rings. The Morgan fingerprint density at radius 2 is 1.54 bits per heavy atom. The van der Waals surface area contributed by atoms with Crippen molar-refractivity contribution in [3.63, 3.8) is 0 Å². The maximum absolute atomic E-state index is 10.6. The lowest BCUT2D eigenvalue weighted by molar-refractivity contribution is -0.193. The van der Waals surface area contributed by atoms with Crippen LogP contribution < -0.4 is 0 Å². The van der Waals surface area contributed by atoms with Crippen molar-refractivity contribution in [3.8, 4) is 0 Å². The fourth-order valence-corrected chi connectivity index (χ4v) is 5.73. The van der Waals surface area contributed by atoms with Gasteiger partial charge in [0.1, 0.15) is 0 Å². The van der Waals surface area contributed by atoms with Gasteiger partial charge in [0, 0.05) is 41.7 Å². The number of likely N-dealkylation sites (tertiary alicyclic amines) is 1. The summed E-state index contributed by atoms with van der Waals surface area (Å²) < 4.78 is 70.0. The maximum Gasteiger partial charge on any atom is 0.490 e. The predicted molar refractivity (Wildman–Crippen MR) is 137 cm³/mol. The lowest BCUT2D eigenvalue weighted by atomic mass is 9.92. The summed E-state index contributed by atoms with van der Waals surface area (Å²) in [5.41, 5.74) is 3.26. The zero-order valence-corrected chi connectivity index (χ0v) is 22.0. The van der Waals surface area contributed by atoms with E-state index in [9.17, 15) is 26.3 Å². The number of hydrogen-bond acceptors (Lipinski definition) is 7. The molecule has 0 bridgehead atoms. The van der Waals surface area contributed by atoms with Gasteiger partial charge in [-0.25, -0.2) is 9.59 Å². The first-order valence-electron chi connectivity index (χ1n) is 12.0. The number of para-hydroxylation sites is 1. The quantitative estimate of drug-likeness (QED) is 0.380. The zero-order valence-electron chi connectivity index (χ0n) is 21.2. The molecule has 1 aromatic carbocycles. The molecule has 1 spiro atoms. The van der Waals surface area contributed by atoms with Gasteiger partial charge in [-0.1, -0.05) is 30.3 Å². The van der Waals surface area contributed by atoms with Crippen molar-refractivity contribution in [2.24, 2.45) is 0 Å². The van der Waals surface area contributed by atoms with Crippen LogP contribution in [0.5, 0.6) is 0 Å². The highest BCUT2D eigenvalue weighted by molar-refractivity contribution is 8.01. The average Bonchev–Trinajstić information content (AvgIpc) is 3.32. The number of nitrogens with zero attached hydrogens (tertiary/aromatic N) is 3. The number of benzene rings is 1. The van der Waals surface area contributed by atoms with Gasteiger partial charge in [-0.3, -0.25) is 14.9 Å². The van der Waals surface area contributed by atoms with E-state index in [1.54, 1.807) is 0 Å². The number of carboxylic acids is 2. The van der Waals surface area contributed by atoms with Gasteiger partial charge in [0.15, 0.2) is 0 Å². The first-order chi connectivity index (χ1) is 19.2. The topological polar surface area (TPSA) is 113 Å². The Labute approximate surface area is 234 Å². The van der Waals surface area contributed by atoms with Gasteiger partial charge in [0.25, 0.3) is 0 Å². The zero-order chi connectivity index (χ0) is 30.3. The van der Waals surface area contributed by atoms with Crippen LogP contribution in [0.2, 0.25) is 0 Å². The van der Waals surface area contributed by atoms with Crippen LogP contribution in [0.4, 0.5) is 26.3 Å². The summed E-state index contributed by atoms with van der Waals surface area (Å²) in [4.78, 5) is 29.5.